The zero-order chi connectivity index (χ0) is 13.6. The second kappa shape index (κ2) is 4.35. The van der Waals surface area contributed by atoms with E-state index in [1.165, 1.54) is 6.07 Å². The van der Waals surface area contributed by atoms with Crippen molar-refractivity contribution in [1.82, 2.24) is 10.2 Å². The number of aromatic hydroxyl groups is 1. The maximum absolute atomic E-state index is 11.4. The molecule has 2 atom stereocenters. The van der Waals surface area contributed by atoms with Gasteiger partial charge in [-0.2, -0.15) is 0 Å². The Morgan fingerprint density at radius 1 is 1.53 bits per heavy atom. The van der Waals surface area contributed by atoms with E-state index in [4.69, 9.17) is 4.42 Å². The molecule has 2 aliphatic heterocycles. The van der Waals surface area contributed by atoms with Gasteiger partial charge in [0.1, 0.15) is 12.0 Å². The molecule has 2 saturated heterocycles. The van der Waals surface area contributed by atoms with Gasteiger partial charge in [0.15, 0.2) is 5.75 Å². The van der Waals surface area contributed by atoms with E-state index in [0.717, 1.165) is 25.9 Å². The van der Waals surface area contributed by atoms with Crippen LogP contribution in [0.4, 0.5) is 0 Å². The number of fused-ring (bicyclic) bond motifs is 1. The molecular weight excluding hydrogens is 244 g/mol. The van der Waals surface area contributed by atoms with Gasteiger partial charge in [0.2, 0.25) is 5.43 Å². The Morgan fingerprint density at radius 2 is 2.32 bits per heavy atom. The Morgan fingerprint density at radius 3 is 3.00 bits per heavy atom. The first-order valence-corrected chi connectivity index (χ1v) is 6.75. The van der Waals surface area contributed by atoms with E-state index in [0.29, 0.717) is 24.1 Å². The summed E-state index contributed by atoms with van der Waals surface area (Å²) in [6, 6.07) is 1.39. The summed E-state index contributed by atoms with van der Waals surface area (Å²) in [5.41, 5.74) is -0.273. The molecule has 5 nitrogen and oxygen atoms in total. The molecule has 0 radical (unpaired) electrons. The molecule has 0 bridgehead atoms. The molecule has 1 aromatic heterocycles. The van der Waals surface area contributed by atoms with Crippen LogP contribution in [-0.2, 0) is 6.54 Å². The summed E-state index contributed by atoms with van der Waals surface area (Å²) in [5, 5.41) is 12.7. The van der Waals surface area contributed by atoms with E-state index in [9.17, 15) is 9.90 Å². The van der Waals surface area contributed by atoms with Gasteiger partial charge in [0.05, 0.1) is 6.54 Å². The third-order valence-electron chi connectivity index (χ3n) is 4.73. The maximum atomic E-state index is 11.4. The topological polar surface area (TPSA) is 65.7 Å². The summed E-state index contributed by atoms with van der Waals surface area (Å²) >= 11 is 0. The number of likely N-dealkylation sites (tertiary alicyclic amines) is 1. The molecule has 1 aromatic rings. The smallest absolute Gasteiger partial charge is 0.226 e. The first-order chi connectivity index (χ1) is 8.98. The molecule has 2 fully saturated rings. The van der Waals surface area contributed by atoms with Crippen LogP contribution in [0.25, 0.3) is 0 Å². The maximum Gasteiger partial charge on any atom is 0.226 e. The number of hydrogen-bond acceptors (Lipinski definition) is 5. The van der Waals surface area contributed by atoms with Crippen molar-refractivity contribution in [2.75, 3.05) is 19.6 Å². The minimum absolute atomic E-state index is 0.102. The lowest BCUT2D eigenvalue weighted by Crippen LogP contribution is -2.44. The second-order valence-corrected chi connectivity index (χ2v) is 6.15. The van der Waals surface area contributed by atoms with Crippen molar-refractivity contribution in [3.63, 3.8) is 0 Å². The number of nitrogens with zero attached hydrogens (tertiary/aromatic N) is 1. The van der Waals surface area contributed by atoms with Gasteiger partial charge < -0.3 is 14.8 Å². The van der Waals surface area contributed by atoms with Crippen LogP contribution in [0.5, 0.6) is 5.75 Å². The lowest BCUT2D eigenvalue weighted by Gasteiger charge is -2.35. The molecule has 104 valence electrons. The molecule has 2 unspecified atom stereocenters. The molecule has 0 amide bonds. The van der Waals surface area contributed by atoms with Crippen molar-refractivity contribution in [3.05, 3.63) is 28.3 Å². The highest BCUT2D eigenvalue weighted by molar-refractivity contribution is 5.16. The largest absolute Gasteiger partial charge is 0.502 e. The summed E-state index contributed by atoms with van der Waals surface area (Å²) in [6.07, 6.45) is 1.13. The standard InChI is InChI=1S/C14H20N2O3/c1-14(2)11-5-15-4-9(11)6-16(14)7-10-3-12(17)13(18)8-19-10/h3,8-9,11,15,18H,4-7H2,1-2H3. The fourth-order valence-corrected chi connectivity index (χ4v) is 3.49. The van der Waals surface area contributed by atoms with Gasteiger partial charge in [-0.25, -0.2) is 0 Å². The average Bonchev–Trinajstić information content (AvgIpc) is 2.89. The van der Waals surface area contributed by atoms with Gasteiger partial charge in [-0.3, -0.25) is 9.69 Å². The molecule has 0 aromatic carbocycles. The van der Waals surface area contributed by atoms with E-state index < -0.39 is 0 Å². The fraction of sp³-hybridized carbons (Fsp3) is 0.643. The van der Waals surface area contributed by atoms with Crippen molar-refractivity contribution >= 4 is 0 Å². The molecule has 0 saturated carbocycles. The van der Waals surface area contributed by atoms with Crippen LogP contribution in [-0.4, -0.2) is 35.2 Å². The molecule has 5 heteroatoms. The Bertz CT molecular complexity index is 538. The summed E-state index contributed by atoms with van der Waals surface area (Å²) in [7, 11) is 0. The monoisotopic (exact) mass is 264 g/mol. The third-order valence-corrected chi connectivity index (χ3v) is 4.73. The zero-order valence-corrected chi connectivity index (χ0v) is 11.3. The van der Waals surface area contributed by atoms with E-state index >= 15 is 0 Å². The van der Waals surface area contributed by atoms with E-state index in [2.05, 4.69) is 24.1 Å². The van der Waals surface area contributed by atoms with Gasteiger partial charge >= 0.3 is 0 Å². The highest BCUT2D eigenvalue weighted by atomic mass is 16.4. The minimum Gasteiger partial charge on any atom is -0.502 e. The number of nitrogens with one attached hydrogen (secondary N) is 1. The van der Waals surface area contributed by atoms with Crippen molar-refractivity contribution in [1.29, 1.82) is 0 Å². The average molecular weight is 264 g/mol. The van der Waals surface area contributed by atoms with Crippen LogP contribution >= 0.6 is 0 Å². The van der Waals surface area contributed by atoms with Crippen molar-refractivity contribution in [2.24, 2.45) is 11.8 Å². The SMILES string of the molecule is CC1(C)C2CNCC2CN1Cc1cc(=O)c(O)co1. The van der Waals surface area contributed by atoms with Crippen LogP contribution in [0.15, 0.2) is 21.5 Å². The molecule has 19 heavy (non-hydrogen) atoms. The highest BCUT2D eigenvalue weighted by Gasteiger charge is 2.49. The summed E-state index contributed by atoms with van der Waals surface area (Å²) in [5.74, 6) is 1.62. The molecule has 0 spiro atoms. The molecule has 2 N–H and O–H groups in total. The van der Waals surface area contributed by atoms with Gasteiger partial charge in [-0.05, 0) is 32.2 Å². The van der Waals surface area contributed by atoms with Gasteiger partial charge in [0.25, 0.3) is 0 Å². The third kappa shape index (κ3) is 2.07. The van der Waals surface area contributed by atoms with Crippen LogP contribution < -0.4 is 10.7 Å². The number of rotatable bonds is 2. The first kappa shape index (κ1) is 12.7. The van der Waals surface area contributed by atoms with Gasteiger partial charge in [0, 0.05) is 24.7 Å². The zero-order valence-electron chi connectivity index (χ0n) is 11.3. The lowest BCUT2D eigenvalue weighted by molar-refractivity contribution is 0.121. The Balaban J connectivity index is 1.80. The van der Waals surface area contributed by atoms with Crippen molar-refractivity contribution in [2.45, 2.75) is 25.9 Å². The van der Waals surface area contributed by atoms with Crippen molar-refractivity contribution in [3.8, 4) is 5.75 Å². The summed E-state index contributed by atoms with van der Waals surface area (Å²) in [6.45, 7) is 8.29. The van der Waals surface area contributed by atoms with E-state index in [1.54, 1.807) is 0 Å². The quantitative estimate of drug-likeness (QED) is 0.826. The minimum atomic E-state index is -0.375. The van der Waals surface area contributed by atoms with Crippen molar-refractivity contribution < 1.29 is 9.52 Å². The molecule has 0 aliphatic carbocycles. The molecule has 3 heterocycles. The summed E-state index contributed by atoms with van der Waals surface area (Å²) < 4.78 is 5.31. The Hall–Kier alpha value is -1.33. The van der Waals surface area contributed by atoms with Gasteiger partial charge in [-0.15, -0.1) is 0 Å². The Kier molecular flexibility index (Phi) is 2.91. The Labute approximate surface area is 112 Å². The van der Waals surface area contributed by atoms with E-state index in [1.807, 2.05) is 0 Å². The van der Waals surface area contributed by atoms with Crippen LogP contribution in [0.1, 0.15) is 19.6 Å². The molecule has 3 rings (SSSR count). The highest BCUT2D eigenvalue weighted by Crippen LogP contribution is 2.41. The molecule has 2 aliphatic rings. The lowest BCUT2D eigenvalue weighted by atomic mass is 9.85. The fourth-order valence-electron chi connectivity index (χ4n) is 3.49. The van der Waals surface area contributed by atoms with Crippen LogP contribution in [0.3, 0.4) is 0 Å². The number of hydrogen-bond donors (Lipinski definition) is 2. The van der Waals surface area contributed by atoms with Crippen LogP contribution in [0, 0.1) is 11.8 Å². The summed E-state index contributed by atoms with van der Waals surface area (Å²) in [4.78, 5) is 13.8. The first-order valence-electron chi connectivity index (χ1n) is 6.75. The van der Waals surface area contributed by atoms with E-state index in [-0.39, 0.29) is 16.7 Å². The second-order valence-electron chi connectivity index (χ2n) is 6.15. The van der Waals surface area contributed by atoms with Crippen LogP contribution in [0.2, 0.25) is 0 Å². The molecular formula is C14H20N2O3. The normalized spacial score (nSPS) is 29.6. The van der Waals surface area contributed by atoms with Gasteiger partial charge in [-0.1, -0.05) is 0 Å². The predicted molar refractivity (Wildman–Crippen MR) is 71.0 cm³/mol. The predicted octanol–water partition coefficient (Wildman–Crippen LogP) is 0.775.